The van der Waals surface area contributed by atoms with Crippen LogP contribution in [0.4, 0.5) is 0 Å². The summed E-state index contributed by atoms with van der Waals surface area (Å²) in [6.45, 7) is 0. The van der Waals surface area contributed by atoms with Crippen molar-refractivity contribution in [2.45, 2.75) is 0 Å². The number of hydrogen-bond acceptors (Lipinski definition) is 4. The minimum atomic E-state index is 0.275. The van der Waals surface area contributed by atoms with Crippen molar-refractivity contribution in [2.24, 2.45) is 0 Å². The minimum absolute atomic E-state index is 0.275. The lowest BCUT2D eigenvalue weighted by atomic mass is 10.2. The van der Waals surface area contributed by atoms with E-state index >= 15 is 0 Å². The maximum absolute atomic E-state index is 8.72. The average Bonchev–Trinajstić information content (AvgIpc) is 2.70. The Morgan fingerprint density at radius 1 is 1.31 bits per heavy atom. The van der Waals surface area contributed by atoms with Gasteiger partial charge in [-0.1, -0.05) is 0 Å². The molecule has 0 aliphatic heterocycles. The second-order valence-electron chi connectivity index (χ2n) is 2.34. The fourth-order valence-corrected chi connectivity index (χ4v) is 1.01. The zero-order chi connectivity index (χ0) is 9.10. The molecule has 62 valence electrons. The van der Waals surface area contributed by atoms with Crippen LogP contribution >= 0.6 is 0 Å². The molecule has 4 heteroatoms. The first-order valence-corrected chi connectivity index (χ1v) is 3.67. The Hall–Kier alpha value is -2.15. The van der Waals surface area contributed by atoms with E-state index in [1.54, 1.807) is 12.1 Å². The van der Waals surface area contributed by atoms with Gasteiger partial charge in [0.05, 0.1) is 6.26 Å². The zero-order valence-corrected chi connectivity index (χ0v) is 6.64. The van der Waals surface area contributed by atoms with Crippen molar-refractivity contribution in [1.29, 1.82) is 5.26 Å². The van der Waals surface area contributed by atoms with E-state index in [1.807, 2.05) is 6.07 Å². The summed E-state index contributed by atoms with van der Waals surface area (Å²) in [5.74, 6) is 0.560. The van der Waals surface area contributed by atoms with Crippen LogP contribution in [-0.4, -0.2) is 9.97 Å². The lowest BCUT2D eigenvalue weighted by Gasteiger charge is -1.95. The number of nitrogens with zero attached hydrogens (tertiary/aromatic N) is 3. The predicted molar refractivity (Wildman–Crippen MR) is 44.4 cm³/mol. The molecule has 0 unspecified atom stereocenters. The van der Waals surface area contributed by atoms with Gasteiger partial charge in [-0.3, -0.25) is 0 Å². The van der Waals surface area contributed by atoms with Crippen LogP contribution in [0.3, 0.4) is 0 Å². The van der Waals surface area contributed by atoms with Crippen LogP contribution in [0, 0.1) is 11.3 Å². The lowest BCUT2D eigenvalue weighted by Crippen LogP contribution is -1.89. The van der Waals surface area contributed by atoms with Crippen LogP contribution in [0.1, 0.15) is 5.69 Å². The fraction of sp³-hybridized carbons (Fsp3) is 0. The maximum atomic E-state index is 8.72. The molecule has 2 aromatic heterocycles. The van der Waals surface area contributed by atoms with Gasteiger partial charge in [0.15, 0.2) is 11.5 Å². The van der Waals surface area contributed by atoms with Gasteiger partial charge in [0.25, 0.3) is 0 Å². The van der Waals surface area contributed by atoms with Gasteiger partial charge >= 0.3 is 0 Å². The topological polar surface area (TPSA) is 62.7 Å². The Bertz CT molecular complexity index is 442. The van der Waals surface area contributed by atoms with E-state index in [2.05, 4.69) is 9.97 Å². The normalized spacial score (nSPS) is 9.46. The Morgan fingerprint density at radius 2 is 2.15 bits per heavy atom. The minimum Gasteiger partial charge on any atom is -0.463 e. The van der Waals surface area contributed by atoms with Gasteiger partial charge in [0.1, 0.15) is 11.8 Å². The molecule has 2 aromatic rings. The smallest absolute Gasteiger partial charge is 0.170 e. The Labute approximate surface area is 74.5 Å². The van der Waals surface area contributed by atoms with Gasteiger partial charge in [0.2, 0.25) is 0 Å². The molecule has 13 heavy (non-hydrogen) atoms. The molecule has 4 nitrogen and oxygen atoms in total. The quantitative estimate of drug-likeness (QED) is 0.653. The second-order valence-corrected chi connectivity index (χ2v) is 2.34. The van der Waals surface area contributed by atoms with Gasteiger partial charge in [0, 0.05) is 12.4 Å². The summed E-state index contributed by atoms with van der Waals surface area (Å²) >= 11 is 0. The first-order chi connectivity index (χ1) is 6.42. The van der Waals surface area contributed by atoms with Crippen LogP contribution in [0.15, 0.2) is 35.2 Å². The van der Waals surface area contributed by atoms with Gasteiger partial charge in [-0.2, -0.15) is 5.26 Å². The third kappa shape index (κ3) is 1.27. The molecule has 2 heterocycles. The summed E-state index contributed by atoms with van der Waals surface area (Å²) in [5, 5.41) is 8.72. The van der Waals surface area contributed by atoms with Crippen LogP contribution < -0.4 is 0 Å². The van der Waals surface area contributed by atoms with E-state index in [0.717, 1.165) is 0 Å². The van der Waals surface area contributed by atoms with E-state index in [9.17, 15) is 0 Å². The molecule has 0 amide bonds. The molecular formula is C9H5N3O. The molecule has 0 aromatic carbocycles. The largest absolute Gasteiger partial charge is 0.463 e. The number of furan rings is 1. The number of nitriles is 1. The molecule has 0 radical (unpaired) electrons. The van der Waals surface area contributed by atoms with Crippen LogP contribution in [0.2, 0.25) is 0 Å². The highest BCUT2D eigenvalue weighted by atomic mass is 16.3. The van der Waals surface area contributed by atoms with Crippen molar-refractivity contribution < 1.29 is 4.42 Å². The molecule has 2 rings (SSSR count). The predicted octanol–water partition coefficient (Wildman–Crippen LogP) is 1.61. The van der Waals surface area contributed by atoms with E-state index in [-0.39, 0.29) is 5.69 Å². The van der Waals surface area contributed by atoms with E-state index in [1.165, 1.54) is 18.7 Å². The number of hydrogen-bond donors (Lipinski definition) is 0. The number of rotatable bonds is 1. The summed E-state index contributed by atoms with van der Waals surface area (Å²) in [6, 6.07) is 5.43. The maximum Gasteiger partial charge on any atom is 0.170 e. The van der Waals surface area contributed by atoms with Crippen molar-refractivity contribution in [3.8, 4) is 17.5 Å². The summed E-state index contributed by atoms with van der Waals surface area (Å²) in [4.78, 5) is 7.88. The summed E-state index contributed by atoms with van der Waals surface area (Å²) < 4.78 is 5.11. The van der Waals surface area contributed by atoms with E-state index < -0.39 is 0 Å². The SMILES string of the molecule is N#Cc1nccnc1-c1ccco1. The summed E-state index contributed by atoms with van der Waals surface area (Å²) in [6.07, 6.45) is 4.54. The van der Waals surface area contributed by atoms with Crippen molar-refractivity contribution in [3.05, 3.63) is 36.5 Å². The highest BCUT2D eigenvalue weighted by molar-refractivity contribution is 5.58. The van der Waals surface area contributed by atoms with Crippen LogP contribution in [0.5, 0.6) is 0 Å². The summed E-state index contributed by atoms with van der Waals surface area (Å²) in [5.41, 5.74) is 0.757. The van der Waals surface area contributed by atoms with Crippen molar-refractivity contribution in [1.82, 2.24) is 9.97 Å². The van der Waals surface area contributed by atoms with E-state index in [0.29, 0.717) is 11.5 Å². The van der Waals surface area contributed by atoms with Gasteiger partial charge in [-0.05, 0) is 12.1 Å². The average molecular weight is 171 g/mol. The molecule has 0 fully saturated rings. The van der Waals surface area contributed by atoms with Crippen LogP contribution in [0.25, 0.3) is 11.5 Å². The summed E-state index contributed by atoms with van der Waals surface area (Å²) in [7, 11) is 0. The molecule has 0 saturated heterocycles. The highest BCUT2D eigenvalue weighted by Crippen LogP contribution is 2.18. The third-order valence-corrected chi connectivity index (χ3v) is 1.56. The monoisotopic (exact) mass is 171 g/mol. The molecule has 0 spiro atoms. The Balaban J connectivity index is 2.59. The van der Waals surface area contributed by atoms with Crippen LogP contribution in [-0.2, 0) is 0 Å². The van der Waals surface area contributed by atoms with Gasteiger partial charge in [-0.25, -0.2) is 9.97 Å². The van der Waals surface area contributed by atoms with Gasteiger partial charge in [-0.15, -0.1) is 0 Å². The first kappa shape index (κ1) is 7.50. The molecular weight excluding hydrogens is 166 g/mol. The Kier molecular flexibility index (Phi) is 1.77. The molecule has 0 bridgehead atoms. The van der Waals surface area contributed by atoms with Crippen molar-refractivity contribution in [3.63, 3.8) is 0 Å². The molecule has 0 N–H and O–H groups in total. The first-order valence-electron chi connectivity index (χ1n) is 3.67. The third-order valence-electron chi connectivity index (χ3n) is 1.56. The fourth-order valence-electron chi connectivity index (χ4n) is 1.01. The molecule has 0 aliphatic rings. The van der Waals surface area contributed by atoms with Crippen molar-refractivity contribution >= 4 is 0 Å². The van der Waals surface area contributed by atoms with Gasteiger partial charge < -0.3 is 4.42 Å². The molecule has 0 atom stereocenters. The number of aromatic nitrogens is 2. The zero-order valence-electron chi connectivity index (χ0n) is 6.64. The molecule has 0 aliphatic carbocycles. The second kappa shape index (κ2) is 3.07. The van der Waals surface area contributed by atoms with Crippen molar-refractivity contribution in [2.75, 3.05) is 0 Å². The highest BCUT2D eigenvalue weighted by Gasteiger charge is 2.08. The Morgan fingerprint density at radius 3 is 2.85 bits per heavy atom. The lowest BCUT2D eigenvalue weighted by molar-refractivity contribution is 0.579. The van der Waals surface area contributed by atoms with E-state index in [4.69, 9.17) is 9.68 Å². The molecule has 0 saturated carbocycles. The standard InChI is InChI=1S/C9H5N3O/c10-6-7-9(12-4-3-11-7)8-2-1-5-13-8/h1-5H.